The first-order chi connectivity index (χ1) is 13.3. The molecule has 0 atom stereocenters. The summed E-state index contributed by atoms with van der Waals surface area (Å²) in [6, 6.07) is 8.61. The second kappa shape index (κ2) is 8.76. The highest BCUT2D eigenvalue weighted by molar-refractivity contribution is 8.54. The highest BCUT2D eigenvalue weighted by Gasteiger charge is 2.31. The first-order valence-electron chi connectivity index (χ1n) is 7.47. The van der Waals surface area contributed by atoms with Gasteiger partial charge in [-0.25, -0.2) is 13.0 Å². The first kappa shape index (κ1) is 23.2. The van der Waals surface area contributed by atoms with Gasteiger partial charge in [0.05, 0.1) is 10.6 Å². The van der Waals surface area contributed by atoms with Crippen LogP contribution in [0.25, 0.3) is 0 Å². The molecule has 2 aromatic rings. The van der Waals surface area contributed by atoms with Crippen LogP contribution in [-0.4, -0.2) is 36.1 Å². The number of nitrogens with one attached hydrogen (secondary N) is 1. The summed E-state index contributed by atoms with van der Waals surface area (Å²) >= 11 is 0.177. The van der Waals surface area contributed by atoms with Crippen LogP contribution >= 0.6 is 18.2 Å². The highest BCUT2D eigenvalue weighted by Crippen LogP contribution is 2.50. The minimum Gasteiger partial charge on any atom is -0.406 e. The van der Waals surface area contributed by atoms with Crippen LogP contribution in [0.15, 0.2) is 53.4 Å². The van der Waals surface area contributed by atoms with Crippen LogP contribution in [0.2, 0.25) is 0 Å². The van der Waals surface area contributed by atoms with Gasteiger partial charge in [-0.3, -0.25) is 9.52 Å². The third-order valence-corrected chi connectivity index (χ3v) is 6.71. The minimum absolute atomic E-state index is 0.0693. The second-order valence-electron chi connectivity index (χ2n) is 5.39. The number of hydrogen-bond acceptors (Lipinski definition) is 6. The SMILES string of the molecule is O=C(CSP(=O)(O)O)c1ccc(NS(=O)(=O)c2ccc(OC(F)(F)F)cc2)cc1. The van der Waals surface area contributed by atoms with E-state index in [1.54, 1.807) is 0 Å². The van der Waals surface area contributed by atoms with Crippen molar-refractivity contribution in [3.8, 4) is 5.75 Å². The lowest BCUT2D eigenvalue weighted by Crippen LogP contribution is -2.17. The molecule has 0 bridgehead atoms. The number of ether oxygens (including phenoxy) is 1. The van der Waals surface area contributed by atoms with Gasteiger partial charge < -0.3 is 14.5 Å². The van der Waals surface area contributed by atoms with Crippen LogP contribution in [0.3, 0.4) is 0 Å². The molecule has 0 spiro atoms. The lowest BCUT2D eigenvalue weighted by molar-refractivity contribution is -0.274. The smallest absolute Gasteiger partial charge is 0.406 e. The van der Waals surface area contributed by atoms with Crippen molar-refractivity contribution in [2.75, 3.05) is 10.5 Å². The van der Waals surface area contributed by atoms with Gasteiger partial charge in [0.15, 0.2) is 5.78 Å². The quantitative estimate of drug-likeness (QED) is 0.395. The zero-order valence-corrected chi connectivity index (χ0v) is 16.7. The van der Waals surface area contributed by atoms with Gasteiger partial charge in [-0.15, -0.1) is 13.2 Å². The Kier molecular flexibility index (Phi) is 7.01. The number of benzene rings is 2. The highest BCUT2D eigenvalue weighted by atomic mass is 32.7. The molecule has 2 rings (SSSR count). The molecule has 2 aromatic carbocycles. The zero-order valence-electron chi connectivity index (χ0n) is 14.2. The molecule has 0 aliphatic carbocycles. The Bertz CT molecular complexity index is 1020. The molecule has 0 fully saturated rings. The van der Waals surface area contributed by atoms with Crippen molar-refractivity contribution >= 4 is 39.7 Å². The molecule has 158 valence electrons. The summed E-state index contributed by atoms with van der Waals surface area (Å²) in [5, 5.41) is 0. The molecule has 0 aliphatic heterocycles. The van der Waals surface area contributed by atoms with E-state index in [1.807, 2.05) is 0 Å². The van der Waals surface area contributed by atoms with Gasteiger partial charge in [0.25, 0.3) is 10.0 Å². The van der Waals surface area contributed by atoms with E-state index in [1.165, 1.54) is 24.3 Å². The normalized spacial score (nSPS) is 12.4. The van der Waals surface area contributed by atoms with Crippen LogP contribution in [-0.2, 0) is 14.6 Å². The zero-order chi connectivity index (χ0) is 21.9. The third-order valence-electron chi connectivity index (χ3n) is 3.19. The second-order valence-corrected chi connectivity index (χ2v) is 10.8. The molecule has 0 aromatic heterocycles. The maximum atomic E-state index is 12.3. The van der Waals surface area contributed by atoms with Crippen molar-refractivity contribution in [2.24, 2.45) is 0 Å². The summed E-state index contributed by atoms with van der Waals surface area (Å²) < 4.78 is 77.7. The molecule has 14 heteroatoms. The average Bonchev–Trinajstić information content (AvgIpc) is 2.58. The lowest BCUT2D eigenvalue weighted by Gasteiger charge is -2.11. The number of hydrogen-bond donors (Lipinski definition) is 3. The molecule has 8 nitrogen and oxygen atoms in total. The molecule has 3 N–H and O–H groups in total. The van der Waals surface area contributed by atoms with Crippen molar-refractivity contribution in [3.63, 3.8) is 0 Å². The summed E-state index contributed by atoms with van der Waals surface area (Å²) in [6.45, 7) is -4.39. The van der Waals surface area contributed by atoms with Gasteiger partial charge >= 0.3 is 13.2 Å². The minimum atomic E-state index is -4.90. The van der Waals surface area contributed by atoms with E-state index in [2.05, 4.69) is 9.46 Å². The van der Waals surface area contributed by atoms with Crippen LogP contribution in [0.5, 0.6) is 5.75 Å². The van der Waals surface area contributed by atoms with Crippen molar-refractivity contribution in [1.29, 1.82) is 0 Å². The molecule has 0 unspecified atom stereocenters. The van der Waals surface area contributed by atoms with Crippen LogP contribution in [0.4, 0.5) is 18.9 Å². The topological polar surface area (TPSA) is 130 Å². The van der Waals surface area contributed by atoms with Crippen molar-refractivity contribution in [2.45, 2.75) is 11.3 Å². The molecular weight excluding hydrogens is 458 g/mol. The number of carbonyl (C=O) groups is 1. The Hall–Kier alpha value is -2.05. The largest absolute Gasteiger partial charge is 0.573 e. The Labute approximate surface area is 167 Å². The summed E-state index contributed by atoms with van der Waals surface area (Å²) in [7, 11) is -4.12. The Morgan fingerprint density at radius 1 is 1.07 bits per heavy atom. The number of carbonyl (C=O) groups excluding carboxylic acids is 1. The van der Waals surface area contributed by atoms with E-state index in [4.69, 9.17) is 9.79 Å². The Balaban J connectivity index is 2.06. The fourth-order valence-electron chi connectivity index (χ4n) is 1.98. The molecular formula is C15H13F3NO7PS2. The van der Waals surface area contributed by atoms with E-state index in [0.717, 1.165) is 24.3 Å². The van der Waals surface area contributed by atoms with Gasteiger partial charge in [0.1, 0.15) is 5.75 Å². The van der Waals surface area contributed by atoms with E-state index in [-0.39, 0.29) is 27.5 Å². The third kappa shape index (κ3) is 7.71. The predicted octanol–water partition coefficient (Wildman–Crippen LogP) is 3.39. The Morgan fingerprint density at radius 2 is 1.62 bits per heavy atom. The monoisotopic (exact) mass is 471 g/mol. The molecule has 0 heterocycles. The van der Waals surface area contributed by atoms with Gasteiger partial charge in [0, 0.05) is 11.3 Å². The van der Waals surface area contributed by atoms with Crippen LogP contribution < -0.4 is 9.46 Å². The number of ketones is 1. The first-order valence-corrected chi connectivity index (χ1v) is 12.2. The number of halogens is 3. The maximum absolute atomic E-state index is 12.3. The summed E-state index contributed by atoms with van der Waals surface area (Å²) in [4.78, 5) is 29.0. The predicted molar refractivity (Wildman–Crippen MR) is 99.2 cm³/mol. The molecule has 0 saturated heterocycles. The molecule has 29 heavy (non-hydrogen) atoms. The fraction of sp³-hybridized carbons (Fsp3) is 0.133. The fourth-order valence-corrected chi connectivity index (χ4v) is 4.35. The number of anilines is 1. The molecule has 0 radical (unpaired) electrons. The summed E-state index contributed by atoms with van der Waals surface area (Å²) in [6.07, 6.45) is -4.90. The van der Waals surface area contributed by atoms with Gasteiger partial charge in [-0.05, 0) is 59.9 Å². The maximum Gasteiger partial charge on any atom is 0.573 e. The van der Waals surface area contributed by atoms with E-state index in [0.29, 0.717) is 0 Å². The lowest BCUT2D eigenvalue weighted by atomic mass is 10.1. The number of alkyl halides is 3. The van der Waals surface area contributed by atoms with E-state index >= 15 is 0 Å². The van der Waals surface area contributed by atoms with Crippen molar-refractivity contribution in [1.82, 2.24) is 0 Å². The van der Waals surface area contributed by atoms with Crippen LogP contribution in [0.1, 0.15) is 10.4 Å². The summed E-state index contributed by atoms with van der Waals surface area (Å²) in [5.74, 6) is -1.60. The number of rotatable bonds is 8. The molecule has 0 saturated carbocycles. The van der Waals surface area contributed by atoms with Crippen LogP contribution in [0, 0.1) is 0 Å². The van der Waals surface area contributed by atoms with Crippen molar-refractivity contribution < 1.29 is 45.5 Å². The summed E-state index contributed by atoms with van der Waals surface area (Å²) in [5.41, 5.74) is 0.183. The van der Waals surface area contributed by atoms with Gasteiger partial charge in [0.2, 0.25) is 0 Å². The van der Waals surface area contributed by atoms with E-state index < -0.39 is 40.5 Å². The number of sulfonamides is 1. The van der Waals surface area contributed by atoms with Crippen molar-refractivity contribution in [3.05, 3.63) is 54.1 Å². The van der Waals surface area contributed by atoms with E-state index in [9.17, 15) is 30.9 Å². The van der Waals surface area contributed by atoms with Gasteiger partial charge in [-0.2, -0.15) is 0 Å². The molecule has 0 amide bonds. The standard InChI is InChI=1S/C15H13F3NO7PS2/c16-15(17,18)26-12-5-7-13(8-6-12)29(24,25)19-11-3-1-10(2-4-11)14(20)9-28-27(21,22)23/h1-8,19H,9H2,(H2,21,22,23). The van der Waals surface area contributed by atoms with Gasteiger partial charge in [-0.1, -0.05) is 0 Å². The number of Topliss-reactive ketones (excluding diaryl/α,β-unsaturated/α-hetero) is 1. The Morgan fingerprint density at radius 3 is 2.10 bits per heavy atom. The average molecular weight is 471 g/mol. The molecule has 0 aliphatic rings.